The average Bonchev–Trinajstić information content (AvgIpc) is 3.04. The molecule has 1 fully saturated rings. The smallest absolute Gasteiger partial charge is 0.339 e. The fourth-order valence-electron chi connectivity index (χ4n) is 6.09. The van der Waals surface area contributed by atoms with Crippen LogP contribution in [0.3, 0.4) is 0 Å². The summed E-state index contributed by atoms with van der Waals surface area (Å²) in [4.78, 5) is 28.8. The predicted molar refractivity (Wildman–Crippen MR) is 163 cm³/mol. The fourth-order valence-corrected chi connectivity index (χ4v) is 6.09. The van der Waals surface area contributed by atoms with Crippen LogP contribution in [0.4, 0.5) is 13.2 Å². The summed E-state index contributed by atoms with van der Waals surface area (Å²) >= 11 is 0. The minimum atomic E-state index is -2.56. The van der Waals surface area contributed by atoms with Crippen molar-refractivity contribution >= 4 is 11.9 Å². The molecule has 4 aromatic carbocycles. The third-order valence-corrected chi connectivity index (χ3v) is 8.25. The van der Waals surface area contributed by atoms with Gasteiger partial charge in [0, 0.05) is 36.7 Å². The Morgan fingerprint density at radius 3 is 2.33 bits per heavy atom. The van der Waals surface area contributed by atoms with E-state index >= 15 is 0 Å². The number of esters is 1. The average molecular weight is 621 g/mol. The molecular weight excluding hydrogens is 581 g/mol. The van der Waals surface area contributed by atoms with Gasteiger partial charge in [-0.05, 0) is 35.9 Å². The van der Waals surface area contributed by atoms with Crippen LogP contribution in [0.15, 0.2) is 97.1 Å². The summed E-state index contributed by atoms with van der Waals surface area (Å²) < 4.78 is 73.9. The summed E-state index contributed by atoms with van der Waals surface area (Å²) in [6.45, 7) is -2.74. The van der Waals surface area contributed by atoms with Crippen molar-refractivity contribution in [3.8, 4) is 5.75 Å². The molecule has 9 heteroatoms. The Hall–Kier alpha value is -4.63. The van der Waals surface area contributed by atoms with Gasteiger partial charge in [-0.1, -0.05) is 60.7 Å². The van der Waals surface area contributed by atoms with Gasteiger partial charge in [0.1, 0.15) is 23.7 Å². The number of piperidine rings is 1. The molecule has 1 amide bonds. The highest BCUT2D eigenvalue weighted by molar-refractivity contribution is 5.89. The predicted octanol–water partition coefficient (Wildman–Crippen LogP) is 6.23. The molecule has 45 heavy (non-hydrogen) atoms. The van der Waals surface area contributed by atoms with E-state index in [9.17, 15) is 27.9 Å². The molecule has 0 aromatic heterocycles. The van der Waals surface area contributed by atoms with Crippen LogP contribution in [-0.4, -0.2) is 60.0 Å². The van der Waals surface area contributed by atoms with Gasteiger partial charge in [-0.15, -0.1) is 0 Å². The van der Waals surface area contributed by atoms with Crippen molar-refractivity contribution in [2.75, 3.05) is 33.7 Å². The molecule has 0 bridgehead atoms. The van der Waals surface area contributed by atoms with Crippen molar-refractivity contribution in [2.45, 2.75) is 25.0 Å². The number of phenolic OH excluding ortho intramolecular Hbond substituents is 1. The molecule has 3 atom stereocenters. The maximum atomic E-state index is 14.6. The van der Waals surface area contributed by atoms with Crippen molar-refractivity contribution in [1.82, 2.24) is 4.90 Å². The zero-order chi connectivity index (χ0) is 34.7. The van der Waals surface area contributed by atoms with Gasteiger partial charge >= 0.3 is 5.97 Å². The van der Waals surface area contributed by atoms with Gasteiger partial charge in [0.05, 0.1) is 42.6 Å². The highest BCUT2D eigenvalue weighted by Crippen LogP contribution is 2.44. The number of carbonyl (C=O) groups is 2. The Balaban J connectivity index is 1.59. The molecule has 1 aliphatic heterocycles. The first kappa shape index (κ1) is 27.9. The number of phenols is 1. The summed E-state index contributed by atoms with van der Waals surface area (Å²) in [7, 11) is 1.57. The van der Waals surface area contributed by atoms with Gasteiger partial charge in [-0.25, -0.2) is 18.0 Å². The lowest BCUT2D eigenvalue weighted by Gasteiger charge is -2.49. The lowest BCUT2D eigenvalue weighted by atomic mass is 9.74. The van der Waals surface area contributed by atoms with E-state index < -0.39 is 58.7 Å². The van der Waals surface area contributed by atoms with Crippen molar-refractivity contribution < 1.29 is 41.2 Å². The number of aromatic hydroxyl groups is 1. The van der Waals surface area contributed by atoms with E-state index in [1.165, 1.54) is 17.0 Å². The van der Waals surface area contributed by atoms with Crippen LogP contribution in [0.25, 0.3) is 0 Å². The Kier molecular flexibility index (Phi) is 8.15. The maximum Gasteiger partial charge on any atom is 0.339 e. The molecule has 6 nitrogen and oxygen atoms in total. The molecule has 1 heterocycles. The number of carbonyl (C=O) groups excluding carboxylic acids is 2. The molecule has 0 aliphatic carbocycles. The molecular formula is C36H36F3N2O4+. The zero-order valence-corrected chi connectivity index (χ0v) is 24.8. The molecule has 1 saturated heterocycles. The van der Waals surface area contributed by atoms with E-state index in [1.54, 1.807) is 61.6 Å². The SMILES string of the molecule is [2H]C([2H])([2H])[N+](C)(Cc1ccccc1)C[C@@H]1CN(C(=O)Cc2cc(F)c(F)cc2F)CC[C@@]1(OC(=O)c1ccccc1)c1cccc(O)c1. The van der Waals surface area contributed by atoms with Crippen LogP contribution >= 0.6 is 0 Å². The van der Waals surface area contributed by atoms with E-state index in [0.29, 0.717) is 17.7 Å². The highest BCUT2D eigenvalue weighted by atomic mass is 19.2. The van der Waals surface area contributed by atoms with Crippen molar-refractivity contribution in [3.05, 3.63) is 137 Å². The Labute approximate surface area is 265 Å². The monoisotopic (exact) mass is 620 g/mol. The third-order valence-electron chi connectivity index (χ3n) is 8.25. The summed E-state index contributed by atoms with van der Waals surface area (Å²) in [5.74, 6) is -6.00. The van der Waals surface area contributed by atoms with Crippen LogP contribution in [0, 0.1) is 23.4 Å². The first-order valence-corrected chi connectivity index (χ1v) is 14.6. The third kappa shape index (κ3) is 7.37. The van der Waals surface area contributed by atoms with Gasteiger partial charge in [0.15, 0.2) is 11.6 Å². The largest absolute Gasteiger partial charge is 0.508 e. The first-order valence-electron chi connectivity index (χ1n) is 16.1. The van der Waals surface area contributed by atoms with Crippen LogP contribution in [0.5, 0.6) is 5.75 Å². The molecule has 4 aromatic rings. The Morgan fingerprint density at radius 1 is 0.956 bits per heavy atom. The van der Waals surface area contributed by atoms with Gasteiger partial charge < -0.3 is 19.2 Å². The number of benzene rings is 4. The van der Waals surface area contributed by atoms with E-state index in [0.717, 1.165) is 5.56 Å². The normalized spacial score (nSPS) is 20.8. The van der Waals surface area contributed by atoms with Crippen LogP contribution in [0.1, 0.15) is 37.6 Å². The van der Waals surface area contributed by atoms with Crippen molar-refractivity contribution in [3.63, 3.8) is 0 Å². The number of hydrogen-bond donors (Lipinski definition) is 1. The molecule has 1 N–H and O–H groups in total. The zero-order valence-electron chi connectivity index (χ0n) is 27.8. The minimum Gasteiger partial charge on any atom is -0.508 e. The number of ether oxygens (including phenoxy) is 1. The first-order chi connectivity index (χ1) is 22.7. The summed E-state index contributed by atoms with van der Waals surface area (Å²) in [5.41, 5.74) is -0.439. The number of likely N-dealkylation sites (tertiary alicyclic amines) is 1. The van der Waals surface area contributed by atoms with Crippen molar-refractivity contribution in [1.29, 1.82) is 0 Å². The van der Waals surface area contributed by atoms with E-state index in [1.807, 2.05) is 18.2 Å². The number of quaternary nitrogens is 1. The molecule has 5 rings (SSSR count). The lowest BCUT2D eigenvalue weighted by Crippen LogP contribution is -2.59. The number of rotatable bonds is 9. The fraction of sp³-hybridized carbons (Fsp3) is 0.278. The van der Waals surface area contributed by atoms with E-state index in [4.69, 9.17) is 8.85 Å². The van der Waals surface area contributed by atoms with Crippen molar-refractivity contribution in [2.24, 2.45) is 5.92 Å². The molecule has 234 valence electrons. The Bertz CT molecular complexity index is 1780. The molecule has 0 spiro atoms. The number of amides is 1. The number of hydrogen-bond acceptors (Lipinski definition) is 4. The lowest BCUT2D eigenvalue weighted by molar-refractivity contribution is -0.908. The minimum absolute atomic E-state index is 0.00195. The summed E-state index contributed by atoms with van der Waals surface area (Å²) in [6, 6.07) is 24.5. The highest BCUT2D eigenvalue weighted by Gasteiger charge is 2.51. The second-order valence-electron chi connectivity index (χ2n) is 11.7. The van der Waals surface area contributed by atoms with Gasteiger partial charge in [-0.2, -0.15) is 0 Å². The van der Waals surface area contributed by atoms with E-state index in [2.05, 4.69) is 0 Å². The van der Waals surface area contributed by atoms with Crippen LogP contribution in [-0.2, 0) is 28.1 Å². The van der Waals surface area contributed by atoms with Crippen LogP contribution in [0.2, 0.25) is 0 Å². The Morgan fingerprint density at radius 2 is 1.64 bits per heavy atom. The quantitative estimate of drug-likeness (QED) is 0.137. The standard InChI is InChI=1S/C36H35F3N2O4/c1-41(2,23-25-10-5-3-6-11-25)24-29-22-40(34(43)19-27-18-32(38)33(39)21-31(27)37)17-16-36(29,28-14-9-15-30(42)20-28)45-35(44)26-12-7-4-8-13-26/h3-15,18,20-21,29H,16-17,19,22-24H2,1-2H3/p+1/t29-,36+/m0/s1/i1D3/t29-,36+,41?. The van der Waals surface area contributed by atoms with Gasteiger partial charge in [-0.3, -0.25) is 4.79 Å². The molecule has 1 unspecified atom stereocenters. The van der Waals surface area contributed by atoms with Gasteiger partial charge in [0.2, 0.25) is 5.91 Å². The second-order valence-corrected chi connectivity index (χ2v) is 11.7. The molecule has 0 radical (unpaired) electrons. The molecule has 0 saturated carbocycles. The maximum absolute atomic E-state index is 14.6. The summed E-state index contributed by atoms with van der Waals surface area (Å²) in [5, 5.41) is 10.5. The van der Waals surface area contributed by atoms with Gasteiger partial charge in [0.25, 0.3) is 0 Å². The molecule has 1 aliphatic rings. The number of nitrogens with zero attached hydrogens (tertiary/aromatic N) is 2. The van der Waals surface area contributed by atoms with E-state index in [-0.39, 0.29) is 49.5 Å². The van der Waals surface area contributed by atoms with Crippen LogP contribution < -0.4 is 0 Å². The second kappa shape index (κ2) is 13.2. The number of halogens is 3. The summed E-state index contributed by atoms with van der Waals surface area (Å²) in [6.07, 6.45) is -0.577. The topological polar surface area (TPSA) is 66.8 Å².